The van der Waals surface area contributed by atoms with E-state index < -0.39 is 5.91 Å². The number of fused-ring (bicyclic) bond motifs is 1. The zero-order chi connectivity index (χ0) is 23.3. The van der Waals surface area contributed by atoms with E-state index in [0.717, 1.165) is 16.9 Å². The Hall–Kier alpha value is -4.17. The zero-order valence-electron chi connectivity index (χ0n) is 18.0. The van der Waals surface area contributed by atoms with Crippen LogP contribution in [0.2, 0.25) is 0 Å². The molecule has 3 aromatic carbocycles. The molecule has 0 atom stereocenters. The normalized spacial score (nSPS) is 16.2. The van der Waals surface area contributed by atoms with Gasteiger partial charge in [-0.25, -0.2) is 0 Å². The van der Waals surface area contributed by atoms with Crippen LogP contribution in [-0.4, -0.2) is 40.2 Å². The van der Waals surface area contributed by atoms with Gasteiger partial charge in [-0.05, 0) is 47.7 Å². The van der Waals surface area contributed by atoms with E-state index in [-0.39, 0.29) is 11.4 Å². The highest BCUT2D eigenvalue weighted by Gasteiger charge is 2.35. The summed E-state index contributed by atoms with van der Waals surface area (Å²) in [6, 6.07) is 26.5. The number of ether oxygens (including phenoxy) is 2. The lowest BCUT2D eigenvalue weighted by molar-refractivity contribution is -0.114. The molecule has 0 unspecified atom stereocenters. The van der Waals surface area contributed by atoms with Gasteiger partial charge in [-0.2, -0.15) is 15.1 Å². The Morgan fingerprint density at radius 3 is 2.32 bits per heavy atom. The summed E-state index contributed by atoms with van der Waals surface area (Å²) in [5, 5.41) is 15.6. The molecule has 0 saturated carbocycles. The van der Waals surface area contributed by atoms with Crippen LogP contribution in [-0.2, 0) is 4.79 Å². The Labute approximate surface area is 200 Å². The van der Waals surface area contributed by atoms with Crippen molar-refractivity contribution in [2.75, 3.05) is 13.2 Å². The first-order chi connectivity index (χ1) is 16.7. The van der Waals surface area contributed by atoms with Crippen molar-refractivity contribution in [3.8, 4) is 11.5 Å². The van der Waals surface area contributed by atoms with E-state index in [9.17, 15) is 4.79 Å². The third-order valence-electron chi connectivity index (χ3n) is 5.01. The van der Waals surface area contributed by atoms with Gasteiger partial charge in [0.1, 0.15) is 29.8 Å². The molecule has 0 aliphatic carbocycles. The summed E-state index contributed by atoms with van der Waals surface area (Å²) in [5.41, 5.74) is 1.82. The third-order valence-corrected chi connectivity index (χ3v) is 5.97. The second-order valence-electron chi connectivity index (χ2n) is 7.37. The van der Waals surface area contributed by atoms with Crippen LogP contribution in [0, 0.1) is 5.41 Å². The van der Waals surface area contributed by atoms with Crippen molar-refractivity contribution in [1.82, 2.24) is 5.01 Å². The fourth-order valence-electron chi connectivity index (χ4n) is 3.39. The van der Waals surface area contributed by atoms with Crippen molar-refractivity contribution in [3.05, 3.63) is 102 Å². The lowest BCUT2D eigenvalue weighted by atomic mass is 10.1. The molecule has 2 heterocycles. The number of nitrogens with zero attached hydrogens (tertiary/aromatic N) is 3. The fourth-order valence-corrected chi connectivity index (χ4v) is 4.28. The number of hydrazone groups is 1. The number of amides is 1. The van der Waals surface area contributed by atoms with Gasteiger partial charge in [0, 0.05) is 5.56 Å². The number of rotatable bonds is 7. The minimum Gasteiger partial charge on any atom is -0.490 e. The van der Waals surface area contributed by atoms with Gasteiger partial charge in [0.2, 0.25) is 5.17 Å². The predicted octanol–water partition coefficient (Wildman–Crippen LogP) is 4.81. The average Bonchev–Trinajstić information content (AvgIpc) is 3.30. The van der Waals surface area contributed by atoms with Crippen LogP contribution in [0.4, 0.5) is 0 Å². The molecule has 0 radical (unpaired) electrons. The van der Waals surface area contributed by atoms with Gasteiger partial charge >= 0.3 is 0 Å². The summed E-state index contributed by atoms with van der Waals surface area (Å²) >= 11 is 1.28. The van der Waals surface area contributed by atoms with Crippen molar-refractivity contribution < 1.29 is 14.3 Å². The molecule has 1 amide bonds. The highest BCUT2D eigenvalue weighted by molar-refractivity contribution is 8.27. The molecule has 3 aromatic rings. The monoisotopic (exact) mass is 468 g/mol. The van der Waals surface area contributed by atoms with E-state index in [1.54, 1.807) is 6.08 Å². The Morgan fingerprint density at radius 2 is 1.56 bits per heavy atom. The Bertz CT molecular complexity index is 1320. The molecular formula is C26H20N4O3S. The maximum absolute atomic E-state index is 12.7. The van der Waals surface area contributed by atoms with E-state index in [1.807, 2.05) is 84.9 Å². The number of hydrogen-bond acceptors (Lipinski definition) is 6. The first-order valence-electron chi connectivity index (χ1n) is 10.6. The van der Waals surface area contributed by atoms with E-state index in [0.29, 0.717) is 29.2 Å². The first kappa shape index (κ1) is 21.7. The molecule has 5 rings (SSSR count). The number of carbonyl (C=O) groups excluding carboxylic acids is 1. The Morgan fingerprint density at radius 1 is 0.882 bits per heavy atom. The molecule has 0 fully saturated rings. The van der Waals surface area contributed by atoms with E-state index >= 15 is 0 Å². The van der Waals surface area contributed by atoms with E-state index in [2.05, 4.69) is 10.1 Å². The smallest absolute Gasteiger partial charge is 0.283 e. The molecule has 34 heavy (non-hydrogen) atoms. The van der Waals surface area contributed by atoms with Crippen LogP contribution >= 0.6 is 11.8 Å². The first-order valence-corrected chi connectivity index (χ1v) is 11.5. The molecule has 2 aliphatic rings. The second-order valence-corrected chi connectivity index (χ2v) is 8.33. The molecular weight excluding hydrogens is 448 g/mol. The van der Waals surface area contributed by atoms with Gasteiger partial charge in [0.05, 0.1) is 5.57 Å². The van der Waals surface area contributed by atoms with Crippen LogP contribution in [0.15, 0.2) is 101 Å². The molecule has 0 aromatic heterocycles. The third kappa shape index (κ3) is 4.77. The molecule has 0 spiro atoms. The number of amidine groups is 2. The maximum atomic E-state index is 12.7. The SMILES string of the molecule is N=C1C(=Cc2cccc(OCCOc3ccccc3)c2)C(=O)N=C2SC(c3ccccc3)=NN12. The second kappa shape index (κ2) is 9.76. The van der Waals surface area contributed by atoms with Gasteiger partial charge in [-0.1, -0.05) is 60.7 Å². The van der Waals surface area contributed by atoms with Crippen LogP contribution in [0.1, 0.15) is 11.1 Å². The molecule has 2 aliphatic heterocycles. The molecule has 0 saturated heterocycles. The van der Waals surface area contributed by atoms with Crippen molar-refractivity contribution in [2.24, 2.45) is 10.1 Å². The highest BCUT2D eigenvalue weighted by atomic mass is 32.2. The number of aliphatic imine (C=N–C) groups is 1. The minimum absolute atomic E-state index is 0.00369. The Balaban J connectivity index is 1.28. The lowest BCUT2D eigenvalue weighted by Gasteiger charge is -2.20. The Kier molecular flexibility index (Phi) is 6.22. The summed E-state index contributed by atoms with van der Waals surface area (Å²) in [6.45, 7) is 0.781. The molecule has 7 nitrogen and oxygen atoms in total. The molecule has 168 valence electrons. The topological polar surface area (TPSA) is 87.3 Å². The van der Waals surface area contributed by atoms with Gasteiger partial charge in [-0.3, -0.25) is 10.2 Å². The van der Waals surface area contributed by atoms with Crippen molar-refractivity contribution >= 4 is 39.8 Å². The van der Waals surface area contributed by atoms with Crippen molar-refractivity contribution in [2.45, 2.75) is 0 Å². The number of para-hydroxylation sites is 1. The fraction of sp³-hybridized carbons (Fsp3) is 0.0769. The van der Waals surface area contributed by atoms with Crippen LogP contribution in [0.5, 0.6) is 11.5 Å². The average molecular weight is 469 g/mol. The lowest BCUT2D eigenvalue weighted by Crippen LogP contribution is -2.35. The van der Waals surface area contributed by atoms with Gasteiger partial charge < -0.3 is 9.47 Å². The molecule has 8 heteroatoms. The van der Waals surface area contributed by atoms with Crippen molar-refractivity contribution in [3.63, 3.8) is 0 Å². The van der Waals surface area contributed by atoms with E-state index in [1.165, 1.54) is 16.8 Å². The predicted molar refractivity (Wildman–Crippen MR) is 134 cm³/mol. The summed E-state index contributed by atoms with van der Waals surface area (Å²) < 4.78 is 11.4. The molecule has 1 N–H and O–H groups in total. The summed E-state index contributed by atoms with van der Waals surface area (Å²) in [6.07, 6.45) is 1.64. The largest absolute Gasteiger partial charge is 0.490 e. The number of carbonyl (C=O) groups is 1. The summed E-state index contributed by atoms with van der Waals surface area (Å²) in [7, 11) is 0. The van der Waals surface area contributed by atoms with Crippen LogP contribution in [0.25, 0.3) is 6.08 Å². The number of benzene rings is 3. The number of nitrogens with one attached hydrogen (secondary N) is 1. The standard InChI is InChI=1S/C26H20N4O3S/c27-23-22(24(31)28-26-30(23)29-25(34-26)19-9-3-1-4-10-19)17-18-8-7-13-21(16-18)33-15-14-32-20-11-5-2-6-12-20/h1-13,16-17,27H,14-15H2. The van der Waals surface area contributed by atoms with Crippen LogP contribution in [0.3, 0.4) is 0 Å². The number of thioether (sulfide) groups is 1. The maximum Gasteiger partial charge on any atom is 0.283 e. The van der Waals surface area contributed by atoms with Gasteiger partial charge in [0.15, 0.2) is 5.84 Å². The summed E-state index contributed by atoms with van der Waals surface area (Å²) in [5.74, 6) is 0.968. The molecule has 0 bridgehead atoms. The summed E-state index contributed by atoms with van der Waals surface area (Å²) in [4.78, 5) is 16.8. The zero-order valence-corrected chi connectivity index (χ0v) is 18.9. The van der Waals surface area contributed by atoms with Crippen LogP contribution < -0.4 is 9.47 Å². The van der Waals surface area contributed by atoms with E-state index in [4.69, 9.17) is 14.9 Å². The van der Waals surface area contributed by atoms with Gasteiger partial charge in [-0.15, -0.1) is 0 Å². The highest BCUT2D eigenvalue weighted by Crippen LogP contribution is 2.31. The van der Waals surface area contributed by atoms with Gasteiger partial charge in [0.25, 0.3) is 5.91 Å². The quantitative estimate of drug-likeness (QED) is 0.397. The number of hydrogen-bond donors (Lipinski definition) is 1. The minimum atomic E-state index is -0.462. The van der Waals surface area contributed by atoms with Crippen molar-refractivity contribution in [1.29, 1.82) is 5.41 Å².